The monoisotopic (exact) mass is 474 g/mol. The number of rotatable bonds is 11. The molecular formula is C28H34N4O3. The Morgan fingerprint density at radius 3 is 2.57 bits per heavy atom. The van der Waals surface area contributed by atoms with Crippen LogP contribution >= 0.6 is 0 Å². The van der Waals surface area contributed by atoms with Gasteiger partial charge in [0.1, 0.15) is 11.5 Å². The predicted octanol–water partition coefficient (Wildman–Crippen LogP) is 5.03. The molecule has 3 unspecified atom stereocenters. The summed E-state index contributed by atoms with van der Waals surface area (Å²) in [4.78, 5) is 4.49. The zero-order valence-corrected chi connectivity index (χ0v) is 20.5. The number of para-hydroxylation sites is 2. The third-order valence-corrected chi connectivity index (χ3v) is 6.36. The standard InChI is InChI=1S/C28H34N4O3/c1-19(14-20(2)32-18-31-24-6-4-5-7-26(24)32)29-17-28(34)22-10-13-27(33)25(15-22)30-16-21-8-11-23(35-3)12-9-21/h4-13,15,18-20,28-30,33-34H,14,16-17H2,1-3H3. The van der Waals surface area contributed by atoms with Gasteiger partial charge < -0.3 is 30.2 Å². The first kappa shape index (κ1) is 24.6. The number of anilines is 1. The van der Waals surface area contributed by atoms with Crippen molar-refractivity contribution in [1.82, 2.24) is 14.9 Å². The molecule has 184 valence electrons. The van der Waals surface area contributed by atoms with Gasteiger partial charge in [0.05, 0.1) is 36.3 Å². The highest BCUT2D eigenvalue weighted by molar-refractivity contribution is 5.75. The number of aromatic nitrogens is 2. The number of phenols is 1. The minimum absolute atomic E-state index is 0.150. The van der Waals surface area contributed by atoms with Crippen molar-refractivity contribution >= 4 is 16.7 Å². The number of nitrogens with one attached hydrogen (secondary N) is 2. The average molecular weight is 475 g/mol. The van der Waals surface area contributed by atoms with Gasteiger partial charge in [-0.15, -0.1) is 0 Å². The summed E-state index contributed by atoms with van der Waals surface area (Å²) in [6.07, 6.45) is 2.11. The molecule has 0 spiro atoms. The topological polar surface area (TPSA) is 91.6 Å². The van der Waals surface area contributed by atoms with Gasteiger partial charge in [0.15, 0.2) is 0 Å². The van der Waals surface area contributed by atoms with E-state index in [-0.39, 0.29) is 17.8 Å². The fourth-order valence-electron chi connectivity index (χ4n) is 4.31. The molecule has 0 saturated heterocycles. The zero-order chi connectivity index (χ0) is 24.8. The predicted molar refractivity (Wildman–Crippen MR) is 140 cm³/mol. The maximum absolute atomic E-state index is 10.8. The molecule has 3 atom stereocenters. The van der Waals surface area contributed by atoms with Crippen molar-refractivity contribution in [2.75, 3.05) is 19.0 Å². The van der Waals surface area contributed by atoms with E-state index >= 15 is 0 Å². The number of hydrogen-bond acceptors (Lipinski definition) is 6. The van der Waals surface area contributed by atoms with Crippen molar-refractivity contribution < 1.29 is 14.9 Å². The molecule has 35 heavy (non-hydrogen) atoms. The fourth-order valence-corrected chi connectivity index (χ4v) is 4.31. The van der Waals surface area contributed by atoms with Crippen LogP contribution in [0.4, 0.5) is 5.69 Å². The van der Waals surface area contributed by atoms with Crippen LogP contribution in [0.15, 0.2) is 73.1 Å². The quantitative estimate of drug-likeness (QED) is 0.228. The van der Waals surface area contributed by atoms with Gasteiger partial charge >= 0.3 is 0 Å². The molecule has 0 bridgehead atoms. The lowest BCUT2D eigenvalue weighted by Gasteiger charge is -2.22. The van der Waals surface area contributed by atoms with E-state index in [9.17, 15) is 10.2 Å². The molecule has 0 fully saturated rings. The number of fused-ring (bicyclic) bond motifs is 1. The Balaban J connectivity index is 1.31. The normalized spacial score (nSPS) is 13.9. The number of nitrogens with zero attached hydrogens (tertiary/aromatic N) is 2. The number of imidazole rings is 1. The van der Waals surface area contributed by atoms with E-state index in [4.69, 9.17) is 4.74 Å². The summed E-state index contributed by atoms with van der Waals surface area (Å²) in [7, 11) is 1.64. The van der Waals surface area contributed by atoms with Crippen LogP contribution in [0, 0.1) is 0 Å². The Bertz CT molecular complexity index is 1240. The second-order valence-electron chi connectivity index (χ2n) is 9.03. The van der Waals surface area contributed by atoms with Gasteiger partial charge in [0.25, 0.3) is 0 Å². The summed E-state index contributed by atoms with van der Waals surface area (Å²) in [6, 6.07) is 21.5. The van der Waals surface area contributed by atoms with Crippen LogP contribution in [0.25, 0.3) is 11.0 Å². The third-order valence-electron chi connectivity index (χ3n) is 6.36. The number of methoxy groups -OCH3 is 1. The summed E-state index contributed by atoms with van der Waals surface area (Å²) in [5.74, 6) is 0.952. The van der Waals surface area contributed by atoms with Gasteiger partial charge in [-0.05, 0) is 67.8 Å². The fraction of sp³-hybridized carbons (Fsp3) is 0.321. The summed E-state index contributed by atoms with van der Waals surface area (Å²) in [5, 5.41) is 27.8. The Kier molecular flexibility index (Phi) is 7.90. The Morgan fingerprint density at radius 2 is 1.80 bits per heavy atom. The molecule has 0 aliphatic rings. The van der Waals surface area contributed by atoms with Gasteiger partial charge in [-0.3, -0.25) is 0 Å². The lowest BCUT2D eigenvalue weighted by Crippen LogP contribution is -2.32. The highest BCUT2D eigenvalue weighted by atomic mass is 16.5. The third kappa shape index (κ3) is 6.12. The van der Waals surface area contributed by atoms with Gasteiger partial charge in [0, 0.05) is 25.2 Å². The summed E-state index contributed by atoms with van der Waals surface area (Å²) in [5.41, 5.74) is 4.52. The maximum atomic E-state index is 10.8. The van der Waals surface area contributed by atoms with Crippen molar-refractivity contribution in [1.29, 1.82) is 0 Å². The Morgan fingerprint density at radius 1 is 1.03 bits per heavy atom. The molecule has 3 aromatic carbocycles. The van der Waals surface area contributed by atoms with Crippen LogP contribution in [0.5, 0.6) is 11.5 Å². The van der Waals surface area contributed by atoms with Crippen molar-refractivity contribution in [3.05, 3.63) is 84.2 Å². The number of benzene rings is 3. The van der Waals surface area contributed by atoms with E-state index < -0.39 is 6.10 Å². The number of ether oxygens (including phenoxy) is 1. The molecule has 1 heterocycles. The summed E-state index contributed by atoms with van der Waals surface area (Å²) in [6.45, 7) is 5.28. The first-order chi connectivity index (χ1) is 16.9. The molecule has 7 heteroatoms. The first-order valence-corrected chi connectivity index (χ1v) is 12.0. The van der Waals surface area contributed by atoms with Crippen molar-refractivity contribution in [3.8, 4) is 11.5 Å². The Hall–Kier alpha value is -3.55. The molecule has 4 rings (SSSR count). The smallest absolute Gasteiger partial charge is 0.138 e. The lowest BCUT2D eigenvalue weighted by molar-refractivity contribution is 0.169. The first-order valence-electron chi connectivity index (χ1n) is 12.0. The molecule has 0 amide bonds. The zero-order valence-electron chi connectivity index (χ0n) is 20.5. The van der Waals surface area contributed by atoms with Crippen LogP contribution in [0.2, 0.25) is 0 Å². The summed E-state index contributed by atoms with van der Waals surface area (Å²) >= 11 is 0. The van der Waals surface area contributed by atoms with Crippen molar-refractivity contribution in [3.63, 3.8) is 0 Å². The second-order valence-corrected chi connectivity index (χ2v) is 9.03. The van der Waals surface area contributed by atoms with E-state index in [0.717, 1.165) is 34.3 Å². The molecule has 0 aliphatic carbocycles. The minimum atomic E-state index is -0.691. The second kappa shape index (κ2) is 11.3. The van der Waals surface area contributed by atoms with E-state index in [1.165, 1.54) is 0 Å². The molecule has 4 aromatic rings. The SMILES string of the molecule is COc1ccc(CNc2cc(C(O)CNC(C)CC(C)n3cnc4ccccc43)ccc2O)cc1. The van der Waals surface area contributed by atoms with Gasteiger partial charge in [-0.1, -0.05) is 30.3 Å². The number of aliphatic hydroxyl groups is 1. The number of phenolic OH excluding ortho intramolecular Hbond substituents is 1. The van der Waals surface area contributed by atoms with Crippen LogP contribution in [0.3, 0.4) is 0 Å². The highest BCUT2D eigenvalue weighted by Gasteiger charge is 2.16. The molecule has 0 saturated carbocycles. The highest BCUT2D eigenvalue weighted by Crippen LogP contribution is 2.28. The largest absolute Gasteiger partial charge is 0.506 e. The number of aliphatic hydroxyl groups excluding tert-OH is 1. The van der Waals surface area contributed by atoms with Crippen LogP contribution in [0.1, 0.15) is 43.5 Å². The van der Waals surface area contributed by atoms with E-state index in [2.05, 4.69) is 40.1 Å². The van der Waals surface area contributed by atoms with Gasteiger partial charge in [0.2, 0.25) is 0 Å². The molecule has 0 radical (unpaired) electrons. The molecule has 4 N–H and O–H groups in total. The van der Waals surface area contributed by atoms with Crippen molar-refractivity contribution in [2.24, 2.45) is 0 Å². The van der Waals surface area contributed by atoms with Crippen LogP contribution < -0.4 is 15.4 Å². The minimum Gasteiger partial charge on any atom is -0.506 e. The van der Waals surface area contributed by atoms with Gasteiger partial charge in [-0.25, -0.2) is 4.98 Å². The summed E-state index contributed by atoms with van der Waals surface area (Å²) < 4.78 is 7.39. The molecule has 1 aromatic heterocycles. The van der Waals surface area contributed by atoms with E-state index in [0.29, 0.717) is 18.8 Å². The van der Waals surface area contributed by atoms with E-state index in [1.54, 1.807) is 25.3 Å². The molecule has 0 aliphatic heterocycles. The Labute approximate surface area is 206 Å². The lowest BCUT2D eigenvalue weighted by atomic mass is 10.1. The van der Waals surface area contributed by atoms with Crippen LogP contribution in [-0.2, 0) is 6.54 Å². The van der Waals surface area contributed by atoms with Crippen LogP contribution in [-0.4, -0.2) is 39.5 Å². The number of aromatic hydroxyl groups is 1. The average Bonchev–Trinajstić information content (AvgIpc) is 3.31. The molecular weight excluding hydrogens is 440 g/mol. The number of hydrogen-bond donors (Lipinski definition) is 4. The van der Waals surface area contributed by atoms with Crippen molar-refractivity contribution in [2.45, 2.75) is 45.0 Å². The maximum Gasteiger partial charge on any atom is 0.138 e. The van der Waals surface area contributed by atoms with Gasteiger partial charge in [-0.2, -0.15) is 0 Å². The molecule has 7 nitrogen and oxygen atoms in total. The van der Waals surface area contributed by atoms with E-state index in [1.807, 2.05) is 48.8 Å².